The number of carbonyl (C=O) groups excluding carboxylic acids is 1. The Morgan fingerprint density at radius 2 is 2.16 bits per heavy atom. The zero-order chi connectivity index (χ0) is 17.6. The number of hydrogen-bond acceptors (Lipinski definition) is 4. The van der Waals surface area contributed by atoms with Crippen LogP contribution in [-0.2, 0) is 11.3 Å². The van der Waals surface area contributed by atoms with Gasteiger partial charge >= 0.3 is 0 Å². The molecular weight excluding hydrogens is 319 g/mol. The van der Waals surface area contributed by atoms with Crippen molar-refractivity contribution < 1.29 is 9.18 Å². The molecule has 1 aliphatic heterocycles. The van der Waals surface area contributed by atoms with E-state index in [2.05, 4.69) is 10.3 Å². The summed E-state index contributed by atoms with van der Waals surface area (Å²) in [4.78, 5) is 18.3. The maximum absolute atomic E-state index is 14.1. The van der Waals surface area contributed by atoms with Gasteiger partial charge in [-0.05, 0) is 42.7 Å². The largest absolute Gasteiger partial charge is 0.369 e. The van der Waals surface area contributed by atoms with Gasteiger partial charge in [0, 0.05) is 37.9 Å². The topological polar surface area (TPSA) is 69.0 Å². The Labute approximate surface area is 146 Å². The Hall–Kier alpha value is -2.94. The van der Waals surface area contributed by atoms with Crippen LogP contribution in [0.25, 0.3) is 0 Å². The van der Waals surface area contributed by atoms with Crippen molar-refractivity contribution in [3.63, 3.8) is 0 Å². The second-order valence-corrected chi connectivity index (χ2v) is 6.12. The lowest BCUT2D eigenvalue weighted by atomic mass is 9.95. The lowest BCUT2D eigenvalue weighted by Crippen LogP contribution is -2.40. The van der Waals surface area contributed by atoms with Crippen molar-refractivity contribution in [2.45, 2.75) is 19.4 Å². The molecule has 1 amide bonds. The van der Waals surface area contributed by atoms with Crippen molar-refractivity contribution in [1.82, 2.24) is 10.3 Å². The molecule has 2 heterocycles. The summed E-state index contributed by atoms with van der Waals surface area (Å²) in [6, 6.07) is 10.2. The van der Waals surface area contributed by atoms with Crippen molar-refractivity contribution >= 4 is 11.6 Å². The van der Waals surface area contributed by atoms with E-state index in [1.54, 1.807) is 24.5 Å². The standard InChI is InChI=1S/C19H19FN4O/c20-17-10-14(11-21)3-4-18(17)24-8-5-16(6-9-24)19(25)23-13-15-2-1-7-22-12-15/h1-4,7,10,12,16H,5-6,8-9,13H2,(H,23,25). The molecule has 2 aromatic rings. The van der Waals surface area contributed by atoms with E-state index in [1.165, 1.54) is 6.07 Å². The number of hydrogen-bond donors (Lipinski definition) is 1. The number of nitrogens with one attached hydrogen (secondary N) is 1. The number of benzene rings is 1. The van der Waals surface area contributed by atoms with Crippen molar-refractivity contribution in [1.29, 1.82) is 5.26 Å². The molecule has 25 heavy (non-hydrogen) atoms. The van der Waals surface area contributed by atoms with E-state index < -0.39 is 5.82 Å². The Morgan fingerprint density at radius 3 is 2.80 bits per heavy atom. The Balaban J connectivity index is 1.53. The molecule has 6 heteroatoms. The monoisotopic (exact) mass is 338 g/mol. The van der Waals surface area contributed by atoms with Gasteiger partial charge in [-0.2, -0.15) is 5.26 Å². The van der Waals surface area contributed by atoms with Gasteiger partial charge in [-0.15, -0.1) is 0 Å². The van der Waals surface area contributed by atoms with E-state index in [1.807, 2.05) is 23.1 Å². The first-order valence-electron chi connectivity index (χ1n) is 8.28. The third-order valence-electron chi connectivity index (χ3n) is 4.47. The molecule has 1 N–H and O–H groups in total. The van der Waals surface area contributed by atoms with Crippen LogP contribution in [0.3, 0.4) is 0 Å². The molecular formula is C19H19FN4O. The summed E-state index contributed by atoms with van der Waals surface area (Å²) in [5.74, 6) is -0.420. The predicted octanol–water partition coefficient (Wildman–Crippen LogP) is 2.63. The molecule has 0 unspecified atom stereocenters. The first-order valence-corrected chi connectivity index (χ1v) is 8.28. The fraction of sp³-hybridized carbons (Fsp3) is 0.316. The summed E-state index contributed by atoms with van der Waals surface area (Å²) < 4.78 is 14.1. The minimum Gasteiger partial charge on any atom is -0.369 e. The van der Waals surface area contributed by atoms with E-state index in [0.717, 1.165) is 5.56 Å². The van der Waals surface area contributed by atoms with Crippen LogP contribution in [-0.4, -0.2) is 24.0 Å². The molecule has 1 aromatic carbocycles. The number of aromatic nitrogens is 1. The number of pyridine rings is 1. The lowest BCUT2D eigenvalue weighted by Gasteiger charge is -2.33. The van der Waals surface area contributed by atoms with Crippen LogP contribution < -0.4 is 10.2 Å². The SMILES string of the molecule is N#Cc1ccc(N2CCC(C(=O)NCc3cccnc3)CC2)c(F)c1. The number of rotatable bonds is 4. The van der Waals surface area contributed by atoms with Crippen LogP contribution in [0.5, 0.6) is 0 Å². The van der Waals surface area contributed by atoms with E-state index in [-0.39, 0.29) is 11.8 Å². The number of amides is 1. The van der Waals surface area contributed by atoms with Crippen molar-refractivity contribution in [2.24, 2.45) is 5.92 Å². The van der Waals surface area contributed by atoms with E-state index in [9.17, 15) is 9.18 Å². The highest BCUT2D eigenvalue weighted by atomic mass is 19.1. The molecule has 3 rings (SSSR count). The third kappa shape index (κ3) is 4.13. The molecule has 0 aliphatic carbocycles. The highest BCUT2D eigenvalue weighted by Crippen LogP contribution is 2.26. The molecule has 0 bridgehead atoms. The van der Waals surface area contributed by atoms with Gasteiger partial charge in [0.2, 0.25) is 5.91 Å². The van der Waals surface area contributed by atoms with Gasteiger partial charge in [-0.3, -0.25) is 9.78 Å². The summed E-state index contributed by atoms with van der Waals surface area (Å²) in [6.45, 7) is 1.71. The van der Waals surface area contributed by atoms with Gasteiger partial charge in [0.1, 0.15) is 5.82 Å². The van der Waals surface area contributed by atoms with Crippen LogP contribution in [0.15, 0.2) is 42.7 Å². The Morgan fingerprint density at radius 1 is 1.36 bits per heavy atom. The van der Waals surface area contributed by atoms with Crippen molar-refractivity contribution in [3.8, 4) is 6.07 Å². The molecule has 0 radical (unpaired) electrons. The van der Waals surface area contributed by atoms with E-state index >= 15 is 0 Å². The molecule has 1 saturated heterocycles. The highest BCUT2D eigenvalue weighted by molar-refractivity contribution is 5.79. The van der Waals surface area contributed by atoms with Gasteiger partial charge in [-0.1, -0.05) is 6.07 Å². The number of anilines is 1. The molecule has 0 saturated carbocycles. The molecule has 1 aromatic heterocycles. The third-order valence-corrected chi connectivity index (χ3v) is 4.47. The maximum Gasteiger partial charge on any atom is 0.223 e. The van der Waals surface area contributed by atoms with Crippen LogP contribution >= 0.6 is 0 Å². The number of piperidine rings is 1. The van der Waals surface area contributed by atoms with Crippen LogP contribution in [0.4, 0.5) is 10.1 Å². The number of nitriles is 1. The minimum atomic E-state index is -0.390. The molecule has 5 nitrogen and oxygen atoms in total. The highest BCUT2D eigenvalue weighted by Gasteiger charge is 2.26. The van der Waals surface area contributed by atoms with Gasteiger partial charge in [0.05, 0.1) is 17.3 Å². The van der Waals surface area contributed by atoms with Crippen LogP contribution in [0.1, 0.15) is 24.0 Å². The first kappa shape index (κ1) is 16.9. The normalized spacial score (nSPS) is 14.8. The quantitative estimate of drug-likeness (QED) is 0.930. The molecule has 1 aliphatic rings. The molecule has 128 valence electrons. The molecule has 1 fully saturated rings. The van der Waals surface area contributed by atoms with Gasteiger partial charge in [0.25, 0.3) is 0 Å². The fourth-order valence-electron chi connectivity index (χ4n) is 3.05. The number of nitrogens with zero attached hydrogens (tertiary/aromatic N) is 3. The summed E-state index contributed by atoms with van der Waals surface area (Å²) in [5.41, 5.74) is 1.77. The van der Waals surface area contributed by atoms with Gasteiger partial charge in [0.15, 0.2) is 0 Å². The summed E-state index contributed by atoms with van der Waals surface area (Å²) in [6.07, 6.45) is 4.79. The first-order chi connectivity index (χ1) is 12.2. The predicted molar refractivity (Wildman–Crippen MR) is 92.1 cm³/mol. The summed E-state index contributed by atoms with van der Waals surface area (Å²) in [7, 11) is 0. The Kier molecular flexibility index (Phi) is 5.24. The maximum atomic E-state index is 14.1. The average molecular weight is 338 g/mol. The van der Waals surface area contributed by atoms with E-state index in [0.29, 0.717) is 43.7 Å². The van der Waals surface area contributed by atoms with Crippen LogP contribution in [0, 0.1) is 23.1 Å². The summed E-state index contributed by atoms with van der Waals surface area (Å²) in [5, 5.41) is 11.8. The van der Waals surface area contributed by atoms with Gasteiger partial charge in [-0.25, -0.2) is 4.39 Å². The fourth-order valence-corrected chi connectivity index (χ4v) is 3.05. The minimum absolute atomic E-state index is 0.0313. The van der Waals surface area contributed by atoms with Gasteiger partial charge < -0.3 is 10.2 Å². The Bertz CT molecular complexity index is 780. The molecule has 0 atom stereocenters. The smallest absolute Gasteiger partial charge is 0.223 e. The molecule has 0 spiro atoms. The summed E-state index contributed by atoms with van der Waals surface area (Å²) >= 11 is 0. The van der Waals surface area contributed by atoms with Crippen molar-refractivity contribution in [2.75, 3.05) is 18.0 Å². The second kappa shape index (κ2) is 7.75. The average Bonchev–Trinajstić information content (AvgIpc) is 2.67. The second-order valence-electron chi connectivity index (χ2n) is 6.12. The zero-order valence-electron chi connectivity index (χ0n) is 13.8. The van der Waals surface area contributed by atoms with E-state index in [4.69, 9.17) is 5.26 Å². The lowest BCUT2D eigenvalue weighted by molar-refractivity contribution is -0.125. The number of halogens is 1. The van der Waals surface area contributed by atoms with Crippen molar-refractivity contribution in [3.05, 3.63) is 59.7 Å². The van der Waals surface area contributed by atoms with Crippen LogP contribution in [0.2, 0.25) is 0 Å². The zero-order valence-corrected chi connectivity index (χ0v) is 13.8. The number of carbonyl (C=O) groups is 1.